The molecule has 0 spiro atoms. The molecule has 0 aliphatic heterocycles. The van der Waals surface area contributed by atoms with E-state index in [1.165, 1.54) is 0 Å². The molecule has 0 amide bonds. The lowest BCUT2D eigenvalue weighted by Crippen LogP contribution is -2.54. The second kappa shape index (κ2) is 4.78. The van der Waals surface area contributed by atoms with E-state index in [0.29, 0.717) is 0 Å². The molecule has 0 fully saturated rings. The minimum Gasteiger partial charge on any atom is -0.394 e. The number of aliphatic hydroxyl groups is 2. The van der Waals surface area contributed by atoms with Crippen molar-refractivity contribution in [1.82, 2.24) is 5.32 Å². The van der Waals surface area contributed by atoms with Crippen LogP contribution in [0.5, 0.6) is 0 Å². The van der Waals surface area contributed by atoms with Gasteiger partial charge in [-0.1, -0.05) is 6.92 Å². The summed E-state index contributed by atoms with van der Waals surface area (Å²) in [7, 11) is 0. The summed E-state index contributed by atoms with van der Waals surface area (Å²) in [5, 5.41) is 19.7. The number of nitrogens with one attached hydrogen (secondary N) is 1. The van der Waals surface area contributed by atoms with Gasteiger partial charge in [-0.15, -0.1) is 0 Å². The van der Waals surface area contributed by atoms with Crippen molar-refractivity contribution < 1.29 is 23.4 Å². The van der Waals surface area contributed by atoms with Crippen LogP contribution in [0, 0.1) is 0 Å². The molecule has 0 aliphatic carbocycles. The highest BCUT2D eigenvalue weighted by atomic mass is 19.4. The van der Waals surface area contributed by atoms with Gasteiger partial charge in [0.25, 0.3) is 0 Å². The first-order valence-corrected chi connectivity index (χ1v) is 3.92. The third-order valence-corrected chi connectivity index (χ3v) is 1.95. The van der Waals surface area contributed by atoms with Crippen molar-refractivity contribution in [3.8, 4) is 0 Å². The van der Waals surface area contributed by atoms with E-state index in [4.69, 9.17) is 10.2 Å². The Hall–Kier alpha value is -0.330. The zero-order valence-electron chi connectivity index (χ0n) is 7.36. The smallest absolute Gasteiger partial charge is 0.394 e. The van der Waals surface area contributed by atoms with Crippen LogP contribution < -0.4 is 5.32 Å². The fourth-order valence-corrected chi connectivity index (χ4v) is 0.798. The molecule has 3 nitrogen and oxygen atoms in total. The Morgan fingerprint density at radius 2 is 1.62 bits per heavy atom. The molecule has 0 atom stereocenters. The number of alkyl halides is 3. The minimum absolute atomic E-state index is 0.232. The van der Waals surface area contributed by atoms with E-state index < -0.39 is 31.5 Å². The minimum atomic E-state index is -4.33. The molecule has 0 rings (SSSR count). The lowest BCUT2D eigenvalue weighted by molar-refractivity contribution is -0.131. The molecule has 0 saturated heterocycles. The summed E-state index contributed by atoms with van der Waals surface area (Å²) >= 11 is 0. The van der Waals surface area contributed by atoms with Gasteiger partial charge < -0.3 is 10.2 Å². The summed E-state index contributed by atoms with van der Waals surface area (Å²) in [6.07, 6.45) is -4.10. The van der Waals surface area contributed by atoms with E-state index in [9.17, 15) is 13.2 Å². The van der Waals surface area contributed by atoms with Gasteiger partial charge >= 0.3 is 6.18 Å². The Morgan fingerprint density at radius 1 is 1.15 bits per heavy atom. The topological polar surface area (TPSA) is 52.5 Å². The Kier molecular flexibility index (Phi) is 4.66. The highest BCUT2D eigenvalue weighted by Crippen LogP contribution is 2.16. The standard InChI is InChI=1S/C7H14F3NO2/c1-2-6(4-12,5-13)11-3-7(8,9)10/h11-13H,2-5H2,1H3. The first-order chi connectivity index (χ1) is 5.89. The maximum atomic E-state index is 11.8. The fourth-order valence-electron chi connectivity index (χ4n) is 0.798. The van der Waals surface area contributed by atoms with Crippen LogP contribution in [0.4, 0.5) is 13.2 Å². The summed E-state index contributed by atoms with van der Waals surface area (Å²) in [4.78, 5) is 0. The average Bonchev–Trinajstić information content (AvgIpc) is 2.06. The van der Waals surface area contributed by atoms with Crippen LogP contribution in [0.25, 0.3) is 0 Å². The van der Waals surface area contributed by atoms with Gasteiger partial charge in [-0.25, -0.2) is 0 Å². The first kappa shape index (κ1) is 12.7. The van der Waals surface area contributed by atoms with E-state index in [1.54, 1.807) is 6.92 Å². The van der Waals surface area contributed by atoms with E-state index in [-0.39, 0.29) is 6.42 Å². The van der Waals surface area contributed by atoms with Gasteiger partial charge in [-0.05, 0) is 6.42 Å². The number of rotatable bonds is 5. The van der Waals surface area contributed by atoms with Crippen LogP contribution >= 0.6 is 0 Å². The van der Waals surface area contributed by atoms with Gasteiger partial charge in [0.1, 0.15) is 0 Å². The second-order valence-electron chi connectivity index (χ2n) is 2.92. The van der Waals surface area contributed by atoms with Crippen molar-refractivity contribution in [2.75, 3.05) is 19.8 Å². The van der Waals surface area contributed by atoms with Gasteiger partial charge in [-0.2, -0.15) is 13.2 Å². The maximum absolute atomic E-state index is 11.8. The molecule has 0 aromatic carbocycles. The molecule has 0 aromatic rings. The molecule has 13 heavy (non-hydrogen) atoms. The summed E-state index contributed by atoms with van der Waals surface area (Å²) in [5.41, 5.74) is -1.23. The van der Waals surface area contributed by atoms with Gasteiger partial charge in [0.2, 0.25) is 0 Å². The molecule has 6 heteroatoms. The van der Waals surface area contributed by atoms with Gasteiger partial charge in [0, 0.05) is 0 Å². The normalized spacial score (nSPS) is 13.4. The molecule has 0 heterocycles. The van der Waals surface area contributed by atoms with Crippen molar-refractivity contribution in [2.45, 2.75) is 25.1 Å². The van der Waals surface area contributed by atoms with Gasteiger partial charge in [0.05, 0.1) is 25.3 Å². The maximum Gasteiger partial charge on any atom is 0.401 e. The Labute approximate surface area is 74.6 Å². The number of halogens is 3. The van der Waals surface area contributed by atoms with Crippen molar-refractivity contribution in [1.29, 1.82) is 0 Å². The van der Waals surface area contributed by atoms with Crippen molar-refractivity contribution in [3.05, 3.63) is 0 Å². The summed E-state index contributed by atoms with van der Waals surface area (Å²) < 4.78 is 35.3. The third-order valence-electron chi connectivity index (χ3n) is 1.95. The lowest BCUT2D eigenvalue weighted by Gasteiger charge is -2.30. The second-order valence-corrected chi connectivity index (χ2v) is 2.92. The molecule has 0 bridgehead atoms. The average molecular weight is 201 g/mol. The summed E-state index contributed by atoms with van der Waals surface area (Å²) in [6.45, 7) is -0.649. The van der Waals surface area contributed by atoms with Crippen LogP contribution in [0.2, 0.25) is 0 Å². The molecule has 0 aromatic heterocycles. The highest BCUT2D eigenvalue weighted by molar-refractivity contribution is 4.86. The van der Waals surface area contributed by atoms with Crippen molar-refractivity contribution in [2.24, 2.45) is 0 Å². The van der Waals surface area contributed by atoms with Crippen LogP contribution in [-0.4, -0.2) is 41.7 Å². The molecule has 0 saturated carbocycles. The predicted molar refractivity (Wildman–Crippen MR) is 41.3 cm³/mol. The molecule has 0 aliphatic rings. The largest absolute Gasteiger partial charge is 0.401 e. The van der Waals surface area contributed by atoms with Crippen LogP contribution in [0.3, 0.4) is 0 Å². The van der Waals surface area contributed by atoms with Crippen LogP contribution in [0.1, 0.15) is 13.3 Å². The predicted octanol–water partition coefficient (Wildman–Crippen LogP) is 0.272. The number of hydrogen-bond donors (Lipinski definition) is 3. The molecule has 0 unspecified atom stereocenters. The quantitative estimate of drug-likeness (QED) is 0.598. The van der Waals surface area contributed by atoms with Crippen molar-refractivity contribution in [3.63, 3.8) is 0 Å². The van der Waals surface area contributed by atoms with E-state index in [2.05, 4.69) is 5.32 Å². The zero-order valence-corrected chi connectivity index (χ0v) is 7.36. The highest BCUT2D eigenvalue weighted by Gasteiger charge is 2.33. The fraction of sp³-hybridized carbons (Fsp3) is 1.00. The third kappa shape index (κ3) is 4.44. The van der Waals surface area contributed by atoms with Gasteiger partial charge in [-0.3, -0.25) is 5.32 Å². The van der Waals surface area contributed by atoms with Crippen LogP contribution in [0.15, 0.2) is 0 Å². The molecule has 80 valence electrons. The molecular weight excluding hydrogens is 187 g/mol. The Bertz CT molecular complexity index is 137. The Balaban J connectivity index is 4.11. The first-order valence-electron chi connectivity index (χ1n) is 3.92. The lowest BCUT2D eigenvalue weighted by atomic mass is 9.99. The van der Waals surface area contributed by atoms with Crippen molar-refractivity contribution >= 4 is 0 Å². The van der Waals surface area contributed by atoms with E-state index in [0.717, 1.165) is 0 Å². The van der Waals surface area contributed by atoms with Gasteiger partial charge in [0.15, 0.2) is 0 Å². The number of hydrogen-bond acceptors (Lipinski definition) is 3. The summed E-state index contributed by atoms with van der Waals surface area (Å²) in [5.74, 6) is 0. The number of aliphatic hydroxyl groups excluding tert-OH is 2. The van der Waals surface area contributed by atoms with E-state index in [1.807, 2.05) is 0 Å². The summed E-state index contributed by atoms with van der Waals surface area (Å²) in [6, 6.07) is 0. The monoisotopic (exact) mass is 201 g/mol. The SMILES string of the molecule is CCC(CO)(CO)NCC(F)(F)F. The Morgan fingerprint density at radius 3 is 1.85 bits per heavy atom. The molecular formula is C7H14F3NO2. The molecule has 3 N–H and O–H groups in total. The zero-order chi connectivity index (χ0) is 10.5. The van der Waals surface area contributed by atoms with Crippen LogP contribution in [-0.2, 0) is 0 Å². The van der Waals surface area contributed by atoms with E-state index >= 15 is 0 Å². The molecule has 0 radical (unpaired) electrons.